The summed E-state index contributed by atoms with van der Waals surface area (Å²) < 4.78 is 32.5. The fourth-order valence-corrected chi connectivity index (χ4v) is 4.11. The Bertz CT molecular complexity index is 1020. The van der Waals surface area contributed by atoms with Gasteiger partial charge >= 0.3 is 5.97 Å². The molecule has 164 valence electrons. The number of amides is 1. The van der Waals surface area contributed by atoms with E-state index in [0.29, 0.717) is 29.7 Å². The lowest BCUT2D eigenvalue weighted by atomic mass is 9.81. The molecule has 0 saturated carbocycles. The van der Waals surface area contributed by atoms with Crippen LogP contribution in [-0.4, -0.2) is 23.4 Å². The molecule has 31 heavy (non-hydrogen) atoms. The second-order valence-corrected chi connectivity index (χ2v) is 7.67. The van der Waals surface area contributed by atoms with E-state index in [1.165, 1.54) is 11.0 Å². The SMILES string of the molecule is CCCC1=C(C(=O)OCC)C(c2ccccc2C)CC(=O)N1Cc1ccc(F)c(F)c1. The normalized spacial score (nSPS) is 16.6. The maximum atomic E-state index is 13.7. The van der Waals surface area contributed by atoms with Gasteiger partial charge < -0.3 is 9.64 Å². The number of hydrogen-bond donors (Lipinski definition) is 0. The van der Waals surface area contributed by atoms with Crippen molar-refractivity contribution in [2.24, 2.45) is 0 Å². The van der Waals surface area contributed by atoms with E-state index in [0.717, 1.165) is 23.3 Å². The molecule has 0 fully saturated rings. The number of aryl methyl sites for hydroxylation is 1. The third-order valence-electron chi connectivity index (χ3n) is 5.54. The third-order valence-corrected chi connectivity index (χ3v) is 5.54. The zero-order valence-corrected chi connectivity index (χ0v) is 18.1. The molecule has 2 aromatic carbocycles. The highest BCUT2D eigenvalue weighted by atomic mass is 19.2. The van der Waals surface area contributed by atoms with Gasteiger partial charge in [0, 0.05) is 18.0 Å². The number of halogens is 2. The standard InChI is InChI=1S/C25H27F2NO3/c1-4-8-22-24(25(30)31-5-2)19(18-10-7-6-9-16(18)3)14-23(29)28(22)15-17-11-12-20(26)21(27)13-17/h6-7,9-13,19H,4-5,8,14-15H2,1-3H3. The average Bonchev–Trinajstić information content (AvgIpc) is 2.73. The molecule has 1 aliphatic heterocycles. The van der Waals surface area contributed by atoms with Gasteiger partial charge in [-0.05, 0) is 49.1 Å². The third kappa shape index (κ3) is 4.84. The van der Waals surface area contributed by atoms with E-state index in [9.17, 15) is 18.4 Å². The summed E-state index contributed by atoms with van der Waals surface area (Å²) in [6.45, 7) is 5.95. The maximum Gasteiger partial charge on any atom is 0.336 e. The molecule has 0 aromatic heterocycles. The topological polar surface area (TPSA) is 46.6 Å². The predicted molar refractivity (Wildman–Crippen MR) is 114 cm³/mol. The summed E-state index contributed by atoms with van der Waals surface area (Å²) in [5.74, 6) is -2.91. The largest absolute Gasteiger partial charge is 0.463 e. The summed E-state index contributed by atoms with van der Waals surface area (Å²) in [5.41, 5.74) is 3.43. The first-order chi connectivity index (χ1) is 14.9. The lowest BCUT2D eigenvalue weighted by Gasteiger charge is -2.36. The number of carbonyl (C=O) groups is 2. The van der Waals surface area contributed by atoms with Crippen molar-refractivity contribution in [3.05, 3.63) is 82.1 Å². The minimum absolute atomic E-state index is 0.0642. The predicted octanol–water partition coefficient (Wildman–Crippen LogP) is 5.41. The molecule has 1 heterocycles. The molecule has 1 unspecified atom stereocenters. The van der Waals surface area contributed by atoms with Crippen molar-refractivity contribution in [3.8, 4) is 0 Å². The summed E-state index contributed by atoms with van der Waals surface area (Å²) in [4.78, 5) is 27.8. The van der Waals surface area contributed by atoms with E-state index >= 15 is 0 Å². The molecule has 1 amide bonds. The van der Waals surface area contributed by atoms with E-state index in [2.05, 4.69) is 0 Å². The Kier molecular flexibility index (Phi) is 7.21. The van der Waals surface area contributed by atoms with Crippen molar-refractivity contribution in [1.82, 2.24) is 4.90 Å². The van der Waals surface area contributed by atoms with E-state index in [1.807, 2.05) is 38.1 Å². The first kappa shape index (κ1) is 22.7. The molecule has 0 aliphatic carbocycles. The highest BCUT2D eigenvalue weighted by Crippen LogP contribution is 2.40. The Morgan fingerprint density at radius 3 is 2.52 bits per heavy atom. The van der Waals surface area contributed by atoms with Gasteiger partial charge in [0.05, 0.1) is 18.7 Å². The van der Waals surface area contributed by atoms with Crippen LogP contribution in [0, 0.1) is 18.6 Å². The number of allylic oxidation sites excluding steroid dienone is 1. The molecule has 1 atom stereocenters. The van der Waals surface area contributed by atoms with Crippen LogP contribution in [0.3, 0.4) is 0 Å². The second kappa shape index (κ2) is 9.86. The second-order valence-electron chi connectivity index (χ2n) is 7.67. The van der Waals surface area contributed by atoms with Crippen LogP contribution in [0.25, 0.3) is 0 Å². The molecule has 0 radical (unpaired) electrons. The molecule has 0 spiro atoms. The van der Waals surface area contributed by atoms with Gasteiger partial charge in [0.15, 0.2) is 11.6 Å². The molecule has 6 heteroatoms. The quantitative estimate of drug-likeness (QED) is 0.556. The van der Waals surface area contributed by atoms with Crippen LogP contribution in [0.1, 0.15) is 55.7 Å². The Balaban J connectivity index is 2.12. The summed E-state index contributed by atoms with van der Waals surface area (Å²) in [5, 5.41) is 0. The van der Waals surface area contributed by atoms with Gasteiger partial charge in [-0.2, -0.15) is 0 Å². The molecule has 2 aromatic rings. The van der Waals surface area contributed by atoms with Crippen molar-refractivity contribution in [1.29, 1.82) is 0 Å². The van der Waals surface area contributed by atoms with E-state index < -0.39 is 23.5 Å². The first-order valence-corrected chi connectivity index (χ1v) is 10.6. The fourth-order valence-electron chi connectivity index (χ4n) is 4.11. The van der Waals surface area contributed by atoms with Crippen LogP contribution in [0.2, 0.25) is 0 Å². The number of nitrogens with zero attached hydrogens (tertiary/aromatic N) is 1. The van der Waals surface area contributed by atoms with Gasteiger partial charge in [0.25, 0.3) is 0 Å². The molecule has 4 nitrogen and oxygen atoms in total. The highest BCUT2D eigenvalue weighted by Gasteiger charge is 2.38. The zero-order chi connectivity index (χ0) is 22.5. The summed E-state index contributed by atoms with van der Waals surface area (Å²) in [7, 11) is 0. The van der Waals surface area contributed by atoms with Crippen molar-refractivity contribution in [3.63, 3.8) is 0 Å². The zero-order valence-electron chi connectivity index (χ0n) is 18.1. The fraction of sp³-hybridized carbons (Fsp3) is 0.360. The van der Waals surface area contributed by atoms with Gasteiger partial charge in [-0.1, -0.05) is 43.7 Å². The Labute approximate surface area is 181 Å². The van der Waals surface area contributed by atoms with Crippen molar-refractivity contribution < 1.29 is 23.1 Å². The minimum Gasteiger partial charge on any atom is -0.463 e. The number of ether oxygens (including phenoxy) is 1. The minimum atomic E-state index is -0.966. The summed E-state index contributed by atoms with van der Waals surface area (Å²) in [6.07, 6.45) is 1.31. The summed E-state index contributed by atoms with van der Waals surface area (Å²) >= 11 is 0. The van der Waals surface area contributed by atoms with E-state index in [1.54, 1.807) is 6.92 Å². The van der Waals surface area contributed by atoms with Gasteiger partial charge in [0.1, 0.15) is 0 Å². The molecule has 3 rings (SSSR count). The van der Waals surface area contributed by atoms with Crippen LogP contribution >= 0.6 is 0 Å². The van der Waals surface area contributed by atoms with Gasteiger partial charge in [-0.15, -0.1) is 0 Å². The van der Waals surface area contributed by atoms with Gasteiger partial charge in [-0.25, -0.2) is 13.6 Å². The molecular weight excluding hydrogens is 400 g/mol. The first-order valence-electron chi connectivity index (χ1n) is 10.6. The van der Waals surface area contributed by atoms with Crippen LogP contribution in [-0.2, 0) is 20.9 Å². The van der Waals surface area contributed by atoms with Crippen LogP contribution in [0.4, 0.5) is 8.78 Å². The Morgan fingerprint density at radius 1 is 1.13 bits per heavy atom. The monoisotopic (exact) mass is 427 g/mol. The maximum absolute atomic E-state index is 13.7. The lowest BCUT2D eigenvalue weighted by Crippen LogP contribution is -2.39. The number of esters is 1. The van der Waals surface area contributed by atoms with Crippen LogP contribution in [0.5, 0.6) is 0 Å². The Hall–Kier alpha value is -3.02. The van der Waals surface area contributed by atoms with Crippen molar-refractivity contribution >= 4 is 11.9 Å². The highest BCUT2D eigenvalue weighted by molar-refractivity contribution is 5.96. The van der Waals surface area contributed by atoms with E-state index in [-0.39, 0.29) is 25.5 Å². The van der Waals surface area contributed by atoms with Crippen LogP contribution < -0.4 is 0 Å². The Morgan fingerprint density at radius 2 is 1.87 bits per heavy atom. The average molecular weight is 427 g/mol. The van der Waals surface area contributed by atoms with Crippen LogP contribution in [0.15, 0.2) is 53.7 Å². The molecular formula is C25H27F2NO3. The summed E-state index contributed by atoms with van der Waals surface area (Å²) in [6, 6.07) is 11.3. The molecule has 0 bridgehead atoms. The number of hydrogen-bond acceptors (Lipinski definition) is 3. The van der Waals surface area contributed by atoms with Crippen molar-refractivity contribution in [2.45, 2.75) is 52.5 Å². The number of benzene rings is 2. The van der Waals surface area contributed by atoms with E-state index in [4.69, 9.17) is 4.74 Å². The lowest BCUT2D eigenvalue weighted by molar-refractivity contribution is -0.140. The number of carbonyl (C=O) groups excluding carboxylic acids is 2. The van der Waals surface area contributed by atoms with Gasteiger partial charge in [0.2, 0.25) is 5.91 Å². The van der Waals surface area contributed by atoms with Crippen molar-refractivity contribution in [2.75, 3.05) is 6.61 Å². The molecule has 0 saturated heterocycles. The number of rotatable bonds is 7. The smallest absolute Gasteiger partial charge is 0.336 e. The van der Waals surface area contributed by atoms with Gasteiger partial charge in [-0.3, -0.25) is 4.79 Å². The molecule has 0 N–H and O–H groups in total. The molecule has 1 aliphatic rings.